The maximum absolute atomic E-state index is 12.7. The lowest BCUT2D eigenvalue weighted by atomic mass is 9.94. The number of benzene rings is 2. The molecule has 0 radical (unpaired) electrons. The van der Waals surface area contributed by atoms with Gasteiger partial charge in [-0.2, -0.15) is 0 Å². The van der Waals surface area contributed by atoms with Crippen LogP contribution in [0.5, 0.6) is 5.75 Å². The highest BCUT2D eigenvalue weighted by atomic mass is 32.2. The summed E-state index contributed by atoms with van der Waals surface area (Å²) in [4.78, 5) is 12.9. The summed E-state index contributed by atoms with van der Waals surface area (Å²) in [5.41, 5.74) is 0.844. The Balaban J connectivity index is 1.41. The second kappa shape index (κ2) is 8.28. The van der Waals surface area contributed by atoms with Crippen LogP contribution in [0.15, 0.2) is 53.4 Å². The minimum Gasteiger partial charge on any atom is -0.497 e. The lowest BCUT2D eigenvalue weighted by Gasteiger charge is -2.18. The molecule has 2 fully saturated rings. The van der Waals surface area contributed by atoms with Crippen molar-refractivity contribution in [3.63, 3.8) is 0 Å². The predicted octanol–water partition coefficient (Wildman–Crippen LogP) is 2.82. The Morgan fingerprint density at radius 3 is 2.40 bits per heavy atom. The van der Waals surface area contributed by atoms with Gasteiger partial charge in [-0.15, -0.1) is 0 Å². The molecule has 2 aromatic rings. The zero-order chi connectivity index (χ0) is 21.2. The van der Waals surface area contributed by atoms with Gasteiger partial charge in [-0.05, 0) is 67.6 Å². The average Bonchev–Trinajstić information content (AvgIpc) is 3.40. The fraction of sp³-hybridized carbons (Fsp3) is 0.409. The third-order valence-corrected chi connectivity index (χ3v) is 7.16. The SMILES string of the molecule is COc1ccc(S(=O)(=O)Nc2ccc(C3(C(=O)NC[C@H]4CCCO4)CC3)cc2)cc1. The van der Waals surface area contributed by atoms with E-state index in [-0.39, 0.29) is 16.9 Å². The fourth-order valence-electron chi connectivity index (χ4n) is 3.78. The third kappa shape index (κ3) is 4.29. The van der Waals surface area contributed by atoms with Crippen molar-refractivity contribution in [1.29, 1.82) is 0 Å². The summed E-state index contributed by atoms with van der Waals surface area (Å²) < 4.78 is 38.4. The Morgan fingerprint density at radius 1 is 1.13 bits per heavy atom. The quantitative estimate of drug-likeness (QED) is 0.672. The molecule has 0 aromatic heterocycles. The Morgan fingerprint density at radius 2 is 1.83 bits per heavy atom. The highest BCUT2D eigenvalue weighted by Crippen LogP contribution is 2.48. The first-order valence-corrected chi connectivity index (χ1v) is 11.6. The molecular formula is C22H26N2O5S. The van der Waals surface area contributed by atoms with Crippen molar-refractivity contribution in [3.8, 4) is 5.75 Å². The maximum atomic E-state index is 12.7. The summed E-state index contributed by atoms with van der Waals surface area (Å²) in [6.07, 6.45) is 3.72. The molecule has 1 saturated carbocycles. The second-order valence-corrected chi connectivity index (χ2v) is 9.47. The molecule has 160 valence electrons. The van der Waals surface area contributed by atoms with Crippen molar-refractivity contribution in [3.05, 3.63) is 54.1 Å². The number of rotatable bonds is 8. The van der Waals surface area contributed by atoms with E-state index in [0.29, 0.717) is 18.0 Å². The summed E-state index contributed by atoms with van der Waals surface area (Å²) in [5.74, 6) is 0.607. The summed E-state index contributed by atoms with van der Waals surface area (Å²) in [7, 11) is -2.18. The van der Waals surface area contributed by atoms with Gasteiger partial charge in [0.1, 0.15) is 5.75 Å². The molecule has 0 unspecified atom stereocenters. The van der Waals surface area contributed by atoms with Crippen LogP contribution in [0.4, 0.5) is 5.69 Å². The number of nitrogens with one attached hydrogen (secondary N) is 2. The van der Waals surface area contributed by atoms with Crippen LogP contribution in [0, 0.1) is 0 Å². The fourth-order valence-corrected chi connectivity index (χ4v) is 4.84. The van der Waals surface area contributed by atoms with E-state index >= 15 is 0 Å². The van der Waals surface area contributed by atoms with E-state index in [4.69, 9.17) is 9.47 Å². The lowest BCUT2D eigenvalue weighted by Crippen LogP contribution is -2.39. The average molecular weight is 431 g/mol. The molecular weight excluding hydrogens is 404 g/mol. The molecule has 1 saturated heterocycles. The van der Waals surface area contributed by atoms with Crippen molar-refractivity contribution in [2.45, 2.75) is 42.1 Å². The van der Waals surface area contributed by atoms with Gasteiger partial charge in [-0.1, -0.05) is 12.1 Å². The molecule has 0 spiro atoms. The Hall–Kier alpha value is -2.58. The summed E-state index contributed by atoms with van der Waals surface area (Å²) >= 11 is 0. The number of hydrogen-bond acceptors (Lipinski definition) is 5. The monoisotopic (exact) mass is 430 g/mol. The molecule has 2 aliphatic rings. The van der Waals surface area contributed by atoms with E-state index in [1.54, 1.807) is 24.3 Å². The van der Waals surface area contributed by atoms with Crippen LogP contribution >= 0.6 is 0 Å². The Bertz CT molecular complexity index is 993. The van der Waals surface area contributed by atoms with Gasteiger partial charge in [0.05, 0.1) is 23.5 Å². The number of sulfonamides is 1. The van der Waals surface area contributed by atoms with Crippen molar-refractivity contribution in [2.24, 2.45) is 0 Å². The normalized spacial score (nSPS) is 19.8. The number of carbonyl (C=O) groups excluding carboxylic acids is 1. The molecule has 30 heavy (non-hydrogen) atoms. The smallest absolute Gasteiger partial charge is 0.261 e. The van der Waals surface area contributed by atoms with Gasteiger partial charge in [-0.25, -0.2) is 8.42 Å². The number of hydrogen-bond donors (Lipinski definition) is 2. The van der Waals surface area contributed by atoms with Gasteiger partial charge in [0.25, 0.3) is 10.0 Å². The molecule has 0 bridgehead atoms. The standard InChI is InChI=1S/C22H26N2O5S/c1-28-18-8-10-20(11-9-18)30(26,27)24-17-6-4-16(5-7-17)22(12-13-22)21(25)23-15-19-3-2-14-29-19/h4-11,19,24H,2-3,12-15H2,1H3,(H,23,25)/t19-/m1/s1. The Labute approximate surface area is 176 Å². The van der Waals surface area contributed by atoms with E-state index in [9.17, 15) is 13.2 Å². The van der Waals surface area contributed by atoms with Gasteiger partial charge in [0.15, 0.2) is 0 Å². The summed E-state index contributed by atoms with van der Waals surface area (Å²) in [6, 6.07) is 13.2. The number of methoxy groups -OCH3 is 1. The molecule has 2 N–H and O–H groups in total. The van der Waals surface area contributed by atoms with Crippen LogP contribution in [0.1, 0.15) is 31.2 Å². The summed E-state index contributed by atoms with van der Waals surface area (Å²) in [5, 5.41) is 3.02. The summed E-state index contributed by atoms with van der Waals surface area (Å²) in [6.45, 7) is 1.31. The molecule has 1 aliphatic heterocycles. The topological polar surface area (TPSA) is 93.7 Å². The van der Waals surface area contributed by atoms with Crippen LogP contribution in [0.3, 0.4) is 0 Å². The van der Waals surface area contributed by atoms with Gasteiger partial charge in [0.2, 0.25) is 5.91 Å². The first kappa shape index (κ1) is 20.7. The molecule has 1 amide bonds. The van der Waals surface area contributed by atoms with Crippen LogP contribution < -0.4 is 14.8 Å². The van der Waals surface area contributed by atoms with Gasteiger partial charge < -0.3 is 14.8 Å². The van der Waals surface area contributed by atoms with E-state index in [2.05, 4.69) is 10.0 Å². The van der Waals surface area contributed by atoms with Crippen LogP contribution in [-0.2, 0) is 25.0 Å². The zero-order valence-electron chi connectivity index (χ0n) is 16.9. The van der Waals surface area contributed by atoms with Crippen LogP contribution in [0.25, 0.3) is 0 Å². The van der Waals surface area contributed by atoms with Crippen molar-refractivity contribution in [2.75, 3.05) is 25.0 Å². The molecule has 1 heterocycles. The van der Waals surface area contributed by atoms with Crippen molar-refractivity contribution in [1.82, 2.24) is 5.32 Å². The minimum absolute atomic E-state index is 0.0181. The first-order chi connectivity index (χ1) is 14.4. The van der Waals surface area contributed by atoms with E-state index in [1.165, 1.54) is 19.2 Å². The van der Waals surface area contributed by atoms with Crippen LogP contribution in [0.2, 0.25) is 0 Å². The lowest BCUT2D eigenvalue weighted by molar-refractivity contribution is -0.124. The predicted molar refractivity (Wildman–Crippen MR) is 113 cm³/mol. The Kier molecular flexibility index (Phi) is 5.71. The number of ether oxygens (including phenoxy) is 2. The second-order valence-electron chi connectivity index (χ2n) is 7.79. The van der Waals surface area contributed by atoms with Gasteiger partial charge >= 0.3 is 0 Å². The molecule has 4 rings (SSSR count). The van der Waals surface area contributed by atoms with Crippen LogP contribution in [-0.4, -0.2) is 40.7 Å². The largest absolute Gasteiger partial charge is 0.497 e. The van der Waals surface area contributed by atoms with E-state index < -0.39 is 15.4 Å². The maximum Gasteiger partial charge on any atom is 0.261 e. The number of carbonyl (C=O) groups is 1. The van der Waals surface area contributed by atoms with Gasteiger partial charge in [0, 0.05) is 18.8 Å². The van der Waals surface area contributed by atoms with Crippen molar-refractivity contribution >= 4 is 21.6 Å². The van der Waals surface area contributed by atoms with Gasteiger partial charge in [-0.3, -0.25) is 9.52 Å². The molecule has 7 nitrogen and oxygen atoms in total. The minimum atomic E-state index is -3.70. The highest BCUT2D eigenvalue weighted by Gasteiger charge is 2.51. The van der Waals surface area contributed by atoms with Crippen molar-refractivity contribution < 1.29 is 22.7 Å². The molecule has 8 heteroatoms. The highest BCUT2D eigenvalue weighted by molar-refractivity contribution is 7.92. The van der Waals surface area contributed by atoms with E-state index in [0.717, 1.165) is 37.9 Å². The van der Waals surface area contributed by atoms with E-state index in [1.807, 2.05) is 12.1 Å². The first-order valence-electron chi connectivity index (χ1n) is 10.1. The molecule has 2 aromatic carbocycles. The number of anilines is 1. The third-order valence-electron chi connectivity index (χ3n) is 5.76. The zero-order valence-corrected chi connectivity index (χ0v) is 17.7. The number of amides is 1. The molecule has 1 atom stereocenters. The molecule has 1 aliphatic carbocycles.